The highest BCUT2D eigenvalue weighted by Crippen LogP contribution is 2.54. The third kappa shape index (κ3) is 12.2. The Labute approximate surface area is 447 Å². The average Bonchev–Trinajstić information content (AvgIpc) is 4.37. The molecule has 434 valence electrons. The van der Waals surface area contributed by atoms with Crippen LogP contribution in [-0.2, 0) is 59.8 Å². The first-order valence-corrected chi connectivity index (χ1v) is 28.5. The number of nitrogens with one attached hydrogen (secondary N) is 1. The molecule has 0 amide bonds. The lowest BCUT2D eigenvalue weighted by atomic mass is 10.2. The highest BCUT2D eigenvalue weighted by atomic mass is 31.2. The summed E-state index contributed by atoms with van der Waals surface area (Å²) >= 11 is 0. The number of aliphatic hydroxyl groups excluding tert-OH is 2. The molecular formula is C40H52N15O22P3. The van der Waals surface area contributed by atoms with Crippen LogP contribution < -0.4 is 38.9 Å². The topological polar surface area (TPSA) is 509 Å². The first-order valence-electron chi connectivity index (χ1n) is 24.0. The molecular weight excluding hydrogens is 1140 g/mol. The molecule has 6 aromatic rings. The fraction of sp³-hybridized carbons (Fsp3) is 0.550. The fourth-order valence-corrected chi connectivity index (χ4v) is 12.2. The Balaban J connectivity index is 0.833. The third-order valence-electron chi connectivity index (χ3n) is 13.2. The summed E-state index contributed by atoms with van der Waals surface area (Å²) in [7, 11) is -14.4. The molecule has 0 saturated carbocycles. The van der Waals surface area contributed by atoms with E-state index in [0.717, 1.165) is 9.13 Å². The van der Waals surface area contributed by atoms with Crippen molar-refractivity contribution >= 4 is 63.4 Å². The zero-order valence-electron chi connectivity index (χ0n) is 41.7. The van der Waals surface area contributed by atoms with Crippen LogP contribution in [0.4, 0.5) is 17.6 Å². The van der Waals surface area contributed by atoms with Crippen LogP contribution in [0.15, 0.2) is 51.8 Å². The highest BCUT2D eigenvalue weighted by Gasteiger charge is 2.48. The zero-order chi connectivity index (χ0) is 57.0. The molecule has 15 atom stereocenters. The van der Waals surface area contributed by atoms with Crippen LogP contribution in [0.3, 0.4) is 0 Å². The van der Waals surface area contributed by atoms with Gasteiger partial charge in [0.05, 0.1) is 52.3 Å². The number of nitrogens with zero attached hydrogens (tertiary/aromatic N) is 11. The zero-order valence-corrected chi connectivity index (χ0v) is 44.4. The first-order chi connectivity index (χ1) is 38.0. The number of aliphatic hydroxyl groups is 2. The lowest BCUT2D eigenvalue weighted by Gasteiger charge is -2.25. The van der Waals surface area contributed by atoms with Crippen molar-refractivity contribution in [2.75, 3.05) is 50.7 Å². The number of nitrogens with two attached hydrogens (primary N) is 3. The number of phosphoric acid groups is 3. The van der Waals surface area contributed by atoms with Crippen LogP contribution in [0.25, 0.3) is 22.3 Å². The number of H-pyrrole nitrogens is 1. The maximum atomic E-state index is 14.0. The Morgan fingerprint density at radius 1 is 0.675 bits per heavy atom. The monoisotopic (exact) mass is 1190 g/mol. The van der Waals surface area contributed by atoms with Crippen LogP contribution in [0.1, 0.15) is 56.2 Å². The van der Waals surface area contributed by atoms with Crippen molar-refractivity contribution in [3.63, 3.8) is 0 Å². The van der Waals surface area contributed by atoms with Gasteiger partial charge in [0.15, 0.2) is 22.6 Å². The standard InChI is InChI=1S/C40H52N15O22P3/c1-17-9-53(40(60)50-36(17)58)29-6-19(22(10-56)71-29)75-79(63,64)69-13-25-21(8-30(74-25)55-16-47-32-35(55)49-38(43)51-37(32)67-2)77-80(65,66)70-12-24-20(7-28(73-24)52-4-3-26(41)48-39(52)59)76-78(61,62)68-11-23-18(57)5-27(72-23)54-15-46-31-33(42)44-14-45-34(31)54/h3-4,9,14-16,18-25,27-30,56-57H,5-8,10-13H2,1-2H3,(H,61,62)(H,63,64)(H,65,66)(H2,41,48,59)(H2,42,44,45)(H2,43,49,51)(H,50,58,60)/t18-,19?,20-,21-,22+,23+,24+,25+,27?,28+,29+,30+/m0/s1. The number of phosphoric ester groups is 3. The Kier molecular flexibility index (Phi) is 16.2. The normalized spacial score (nSPS) is 29.3. The minimum absolute atomic E-state index is 0.0122. The number of methoxy groups -OCH3 is 1. The largest absolute Gasteiger partial charge is 0.479 e. The van der Waals surface area contributed by atoms with Crippen LogP contribution in [0.2, 0.25) is 0 Å². The van der Waals surface area contributed by atoms with Crippen LogP contribution in [-0.4, -0.2) is 165 Å². The van der Waals surface area contributed by atoms with E-state index in [1.165, 1.54) is 60.6 Å². The van der Waals surface area contributed by atoms with Crippen LogP contribution >= 0.6 is 23.5 Å². The molecule has 0 aromatic carbocycles. The van der Waals surface area contributed by atoms with E-state index in [9.17, 15) is 53.0 Å². The van der Waals surface area contributed by atoms with Gasteiger partial charge in [-0.3, -0.25) is 55.2 Å². The quantitative estimate of drug-likeness (QED) is 0.0372. The summed E-state index contributed by atoms with van der Waals surface area (Å²) in [6.07, 6.45) is -10.5. The molecule has 4 fully saturated rings. The molecule has 4 aliphatic rings. The van der Waals surface area contributed by atoms with Crippen molar-refractivity contribution in [2.45, 2.75) is 106 Å². The van der Waals surface area contributed by atoms with Crippen molar-refractivity contribution in [1.29, 1.82) is 0 Å². The molecule has 80 heavy (non-hydrogen) atoms. The van der Waals surface area contributed by atoms with Gasteiger partial charge in [-0.05, 0) is 13.0 Å². The molecule has 0 spiro atoms. The summed E-state index contributed by atoms with van der Waals surface area (Å²) in [4.78, 5) is 101. The van der Waals surface area contributed by atoms with Gasteiger partial charge in [0.25, 0.3) is 5.56 Å². The molecule has 10 heterocycles. The molecule has 5 unspecified atom stereocenters. The predicted octanol–water partition coefficient (Wildman–Crippen LogP) is -1.45. The van der Waals surface area contributed by atoms with Crippen LogP contribution in [0.5, 0.6) is 5.88 Å². The number of hydrogen-bond donors (Lipinski definition) is 9. The van der Waals surface area contributed by atoms with E-state index in [2.05, 4.69) is 39.9 Å². The van der Waals surface area contributed by atoms with Crippen molar-refractivity contribution in [3.8, 4) is 5.88 Å². The van der Waals surface area contributed by atoms with E-state index in [-0.39, 0.29) is 71.4 Å². The van der Waals surface area contributed by atoms with Gasteiger partial charge >= 0.3 is 34.8 Å². The van der Waals surface area contributed by atoms with Crippen molar-refractivity contribution in [1.82, 2.24) is 58.1 Å². The van der Waals surface area contributed by atoms with E-state index in [0.29, 0.717) is 5.65 Å². The maximum Gasteiger partial charge on any atom is 0.472 e. The van der Waals surface area contributed by atoms with Gasteiger partial charge in [-0.25, -0.2) is 43.2 Å². The number of hydrogen-bond acceptors (Lipinski definition) is 29. The molecule has 4 saturated heterocycles. The summed E-state index contributed by atoms with van der Waals surface area (Å²) in [6.45, 7) is -1.83. The number of ether oxygens (including phenoxy) is 5. The minimum atomic E-state index is -5.36. The number of aromatic amines is 1. The molecule has 0 aliphatic carbocycles. The minimum Gasteiger partial charge on any atom is -0.479 e. The smallest absolute Gasteiger partial charge is 0.472 e. The summed E-state index contributed by atoms with van der Waals surface area (Å²) in [6, 6.07) is 1.27. The lowest BCUT2D eigenvalue weighted by molar-refractivity contribution is -0.0630. The van der Waals surface area contributed by atoms with Gasteiger partial charge in [0.1, 0.15) is 85.3 Å². The molecule has 0 bridgehead atoms. The number of rotatable bonds is 21. The number of fused-ring (bicyclic) bond motifs is 2. The number of imidazole rings is 2. The SMILES string of the molecule is COc1nc(N)nc2c1ncn2[C@H]1C[C@H](OP(=O)(O)OC[C@H]2O[C@@H](n3ccc(N)nc3=O)C[C@@H]2OP(=O)(O)OC[C@H]2OC(n3cnc4c(N)ncnc43)C[C@@H]2O)[C@@H](COP(=O)(O)OC2C[C@H](n3cc(C)c(=O)[nH]c3=O)O[C@@H]2CO)O1. The molecule has 40 heteroatoms. The number of aromatic nitrogens is 12. The van der Waals surface area contributed by atoms with Crippen molar-refractivity contribution in [2.24, 2.45) is 0 Å². The molecule has 4 aliphatic heterocycles. The van der Waals surface area contributed by atoms with Crippen LogP contribution in [0, 0.1) is 6.92 Å². The van der Waals surface area contributed by atoms with Crippen molar-refractivity contribution in [3.05, 3.63) is 74.3 Å². The summed E-state index contributed by atoms with van der Waals surface area (Å²) in [5.41, 5.74) is 16.0. The second-order valence-corrected chi connectivity index (χ2v) is 22.7. The Morgan fingerprint density at radius 2 is 1.20 bits per heavy atom. The Hall–Kier alpha value is -6.05. The van der Waals surface area contributed by atoms with Gasteiger partial charge in [0.2, 0.25) is 11.8 Å². The molecule has 12 N–H and O–H groups in total. The second kappa shape index (κ2) is 22.7. The molecule has 0 radical (unpaired) electrons. The second-order valence-electron chi connectivity index (χ2n) is 18.5. The Bertz CT molecular complexity index is 3600. The number of nitrogen functional groups attached to an aromatic ring is 3. The maximum absolute atomic E-state index is 14.0. The van der Waals surface area contributed by atoms with E-state index in [4.69, 9.17) is 68.0 Å². The lowest BCUT2D eigenvalue weighted by Crippen LogP contribution is -2.33. The first kappa shape index (κ1) is 57.2. The molecule has 10 rings (SSSR count). The number of aryl methyl sites for hydroxylation is 1. The highest BCUT2D eigenvalue weighted by molar-refractivity contribution is 7.48. The molecule has 6 aromatic heterocycles. The summed E-state index contributed by atoms with van der Waals surface area (Å²) < 4.78 is 108. The van der Waals surface area contributed by atoms with E-state index in [1.54, 1.807) is 0 Å². The van der Waals surface area contributed by atoms with Gasteiger partial charge in [-0.2, -0.15) is 15.0 Å². The Morgan fingerprint density at radius 3 is 1.80 bits per heavy atom. The average molecular weight is 1190 g/mol. The fourth-order valence-electron chi connectivity index (χ4n) is 9.34. The third-order valence-corrected chi connectivity index (χ3v) is 16.2. The van der Waals surface area contributed by atoms with Gasteiger partial charge in [-0.15, -0.1) is 0 Å². The van der Waals surface area contributed by atoms with Gasteiger partial charge < -0.3 is 65.8 Å². The van der Waals surface area contributed by atoms with E-state index < -0.39 is 141 Å². The van der Waals surface area contributed by atoms with Gasteiger partial charge in [0, 0.05) is 43.6 Å². The number of anilines is 3. The summed E-state index contributed by atoms with van der Waals surface area (Å²) in [5.74, 6) is -0.275. The summed E-state index contributed by atoms with van der Waals surface area (Å²) in [5, 5.41) is 20.9. The van der Waals surface area contributed by atoms with E-state index in [1.807, 2.05) is 0 Å². The van der Waals surface area contributed by atoms with Crippen molar-refractivity contribution < 1.29 is 89.4 Å². The molecule has 37 nitrogen and oxygen atoms in total. The van der Waals surface area contributed by atoms with E-state index >= 15 is 0 Å². The predicted molar refractivity (Wildman–Crippen MR) is 264 cm³/mol. The van der Waals surface area contributed by atoms with Gasteiger partial charge in [-0.1, -0.05) is 0 Å².